The number of hydrogen-bond acceptors (Lipinski definition) is 2. The zero-order valence-corrected chi connectivity index (χ0v) is 26.1. The molecule has 39 heavy (non-hydrogen) atoms. The second kappa shape index (κ2) is 24.2. The first kappa shape index (κ1) is 33.6. The van der Waals surface area contributed by atoms with E-state index in [1.165, 1.54) is 153 Å². The van der Waals surface area contributed by atoms with Crippen molar-refractivity contribution in [2.75, 3.05) is 0 Å². The maximum absolute atomic E-state index is 4.71. The van der Waals surface area contributed by atoms with Gasteiger partial charge < -0.3 is 0 Å². The van der Waals surface area contributed by atoms with E-state index >= 15 is 0 Å². The average molecular weight is 536 g/mol. The van der Waals surface area contributed by atoms with Crippen molar-refractivity contribution in [2.24, 2.45) is 21.8 Å². The van der Waals surface area contributed by atoms with Crippen molar-refractivity contribution in [3.8, 4) is 0 Å². The Morgan fingerprint density at radius 2 is 0.923 bits per heavy atom. The van der Waals surface area contributed by atoms with Gasteiger partial charge in [0, 0.05) is 0 Å². The molecule has 0 spiro atoms. The fourth-order valence-electron chi connectivity index (χ4n) is 6.30. The van der Waals surface area contributed by atoms with Crippen molar-refractivity contribution in [2.45, 2.75) is 168 Å². The normalized spacial score (nSPS) is 14.4. The number of unbranched alkanes of at least 4 members (excludes halogenated alkanes) is 19. The standard InChI is InChI=1S/C37H63N2/c1-3-5-7-9-10-11-12-13-14-15-16-17-18-19-20-21-26-30-36(37-38-31-32-39-37)35(29-25-8-6-4-2)33-34-27-23-22-24-28-34/h22-24,27-28,31-32,35-36H,3-21,25-26,29-30,33H2,1-2H3/q+1. The van der Waals surface area contributed by atoms with E-state index < -0.39 is 0 Å². The molecule has 0 bridgehead atoms. The van der Waals surface area contributed by atoms with E-state index in [0.29, 0.717) is 11.8 Å². The Balaban J connectivity index is 1.59. The van der Waals surface area contributed by atoms with Crippen molar-refractivity contribution in [1.29, 1.82) is 0 Å². The molecule has 0 aromatic heterocycles. The second-order valence-corrected chi connectivity index (χ2v) is 12.3. The van der Waals surface area contributed by atoms with Crippen LogP contribution in [0.2, 0.25) is 0 Å². The van der Waals surface area contributed by atoms with Crippen molar-refractivity contribution in [1.82, 2.24) is 0 Å². The van der Waals surface area contributed by atoms with Gasteiger partial charge in [-0.3, -0.25) is 0 Å². The Labute approximate surface area is 244 Å². The molecule has 0 radical (unpaired) electrons. The van der Waals surface area contributed by atoms with Crippen LogP contribution in [0.3, 0.4) is 0 Å². The van der Waals surface area contributed by atoms with E-state index in [4.69, 9.17) is 9.98 Å². The zero-order chi connectivity index (χ0) is 27.6. The molecule has 0 saturated heterocycles. The molecule has 2 heteroatoms. The molecule has 0 amide bonds. The van der Waals surface area contributed by atoms with Crippen LogP contribution in [0.1, 0.15) is 167 Å². The molecular weight excluding hydrogens is 472 g/mol. The van der Waals surface area contributed by atoms with E-state index in [9.17, 15) is 0 Å². The highest BCUT2D eigenvalue weighted by molar-refractivity contribution is 6.18. The topological polar surface area (TPSA) is 24.7 Å². The molecule has 1 aliphatic rings. The van der Waals surface area contributed by atoms with E-state index in [1.54, 1.807) is 0 Å². The SMILES string of the molecule is CCCCCCCCCCCCCCCCCCCC([C+]1N=CC=N1)C(CCCCCC)Cc1ccccc1. The molecular formula is C37H63N2+. The molecule has 2 unspecified atom stereocenters. The minimum Gasteiger partial charge on any atom is -0.0965 e. The van der Waals surface area contributed by atoms with Gasteiger partial charge in [0.05, 0.1) is 5.92 Å². The van der Waals surface area contributed by atoms with E-state index in [-0.39, 0.29) is 0 Å². The van der Waals surface area contributed by atoms with E-state index in [2.05, 4.69) is 44.2 Å². The highest BCUT2D eigenvalue weighted by Gasteiger charge is 2.35. The van der Waals surface area contributed by atoms with Gasteiger partial charge in [0.25, 0.3) is 0 Å². The predicted molar refractivity (Wildman–Crippen MR) is 175 cm³/mol. The Kier molecular flexibility index (Phi) is 20.9. The average Bonchev–Trinajstić information content (AvgIpc) is 3.49. The lowest BCUT2D eigenvalue weighted by Gasteiger charge is -2.26. The Morgan fingerprint density at radius 3 is 1.41 bits per heavy atom. The molecule has 1 heterocycles. The third-order valence-electron chi connectivity index (χ3n) is 8.77. The van der Waals surface area contributed by atoms with Crippen LogP contribution in [0.5, 0.6) is 0 Å². The first-order chi connectivity index (χ1) is 19.3. The highest BCUT2D eigenvalue weighted by atomic mass is 15.0. The maximum atomic E-state index is 4.71. The van der Waals surface area contributed by atoms with Crippen LogP contribution >= 0.6 is 0 Å². The van der Waals surface area contributed by atoms with Gasteiger partial charge in [0.1, 0.15) is 0 Å². The number of benzene rings is 1. The summed E-state index contributed by atoms with van der Waals surface area (Å²) in [6.45, 7) is 4.61. The number of aliphatic imine (C=N–C) groups is 2. The molecule has 2 atom stereocenters. The molecule has 1 aliphatic heterocycles. The van der Waals surface area contributed by atoms with Crippen LogP contribution < -0.4 is 0 Å². The zero-order valence-electron chi connectivity index (χ0n) is 26.1. The van der Waals surface area contributed by atoms with Gasteiger partial charge in [0.2, 0.25) is 6.17 Å². The summed E-state index contributed by atoms with van der Waals surface area (Å²) >= 11 is 0. The van der Waals surface area contributed by atoms with Crippen molar-refractivity contribution in [3.05, 3.63) is 42.1 Å². The molecule has 0 aliphatic carbocycles. The highest BCUT2D eigenvalue weighted by Crippen LogP contribution is 2.37. The minimum absolute atomic E-state index is 0.498. The van der Waals surface area contributed by atoms with Gasteiger partial charge in [-0.25, -0.2) is 0 Å². The van der Waals surface area contributed by atoms with Gasteiger partial charge in [-0.15, -0.1) is 0 Å². The van der Waals surface area contributed by atoms with E-state index in [0.717, 1.165) is 12.6 Å². The summed E-state index contributed by atoms with van der Waals surface area (Å²) in [5.74, 6) is 1.14. The maximum Gasteiger partial charge on any atom is 0.244 e. The van der Waals surface area contributed by atoms with Crippen LogP contribution in [0.25, 0.3) is 0 Å². The Morgan fingerprint density at radius 1 is 0.513 bits per heavy atom. The third-order valence-corrected chi connectivity index (χ3v) is 8.77. The van der Waals surface area contributed by atoms with E-state index in [1.807, 2.05) is 12.4 Å². The lowest BCUT2D eigenvalue weighted by molar-refractivity contribution is 0.284. The van der Waals surface area contributed by atoms with Gasteiger partial charge in [-0.2, -0.15) is 0 Å². The lowest BCUT2D eigenvalue weighted by Crippen LogP contribution is -2.22. The summed E-state index contributed by atoms with van der Waals surface area (Å²) in [4.78, 5) is 9.42. The van der Waals surface area contributed by atoms with Crippen LogP contribution in [0.15, 0.2) is 40.3 Å². The monoisotopic (exact) mass is 535 g/mol. The fraction of sp³-hybridized carbons (Fsp3) is 0.757. The Bertz CT molecular complexity index is 697. The van der Waals surface area contributed by atoms with Gasteiger partial charge in [0.15, 0.2) is 12.4 Å². The number of hydrogen-bond donors (Lipinski definition) is 0. The first-order valence-corrected chi connectivity index (χ1v) is 17.3. The molecule has 2 rings (SSSR count). The molecule has 220 valence electrons. The van der Waals surface area contributed by atoms with Crippen LogP contribution in [-0.2, 0) is 6.42 Å². The predicted octanol–water partition coefficient (Wildman–Crippen LogP) is 12.1. The summed E-state index contributed by atoms with van der Waals surface area (Å²) in [5.41, 5.74) is 1.47. The second-order valence-electron chi connectivity index (χ2n) is 12.3. The summed E-state index contributed by atoms with van der Waals surface area (Å²) in [6, 6.07) is 11.1. The molecule has 0 fully saturated rings. The summed E-state index contributed by atoms with van der Waals surface area (Å²) < 4.78 is 0. The number of rotatable bonds is 27. The largest absolute Gasteiger partial charge is 0.244 e. The van der Waals surface area contributed by atoms with Gasteiger partial charge >= 0.3 is 0 Å². The smallest absolute Gasteiger partial charge is 0.0965 e. The first-order valence-electron chi connectivity index (χ1n) is 17.3. The molecule has 1 aromatic carbocycles. The quantitative estimate of drug-likeness (QED) is 0.0790. The third kappa shape index (κ3) is 17.0. The van der Waals surface area contributed by atoms with Gasteiger partial charge in [-0.1, -0.05) is 189 Å². The summed E-state index contributed by atoms with van der Waals surface area (Å²) in [7, 11) is 0. The van der Waals surface area contributed by atoms with Crippen LogP contribution in [0.4, 0.5) is 0 Å². The summed E-state index contributed by atoms with van der Waals surface area (Å²) in [5, 5.41) is 0. The lowest BCUT2D eigenvalue weighted by atomic mass is 9.78. The van der Waals surface area contributed by atoms with Gasteiger partial charge in [-0.05, 0) is 30.7 Å². The molecule has 2 nitrogen and oxygen atoms in total. The molecule has 0 saturated carbocycles. The van der Waals surface area contributed by atoms with Crippen molar-refractivity contribution in [3.63, 3.8) is 0 Å². The van der Waals surface area contributed by atoms with Crippen molar-refractivity contribution >= 4 is 12.4 Å². The molecule has 1 aromatic rings. The molecule has 0 N–H and O–H groups in total. The fourth-order valence-corrected chi connectivity index (χ4v) is 6.30. The minimum atomic E-state index is 0.498. The summed E-state index contributed by atoms with van der Waals surface area (Å²) in [6.07, 6.45) is 38.2. The van der Waals surface area contributed by atoms with Crippen LogP contribution in [0, 0.1) is 18.0 Å². The Hall–Kier alpha value is -1.57. The van der Waals surface area contributed by atoms with Crippen LogP contribution in [-0.4, -0.2) is 12.4 Å². The number of nitrogens with zero attached hydrogens (tertiary/aromatic N) is 2. The van der Waals surface area contributed by atoms with Crippen molar-refractivity contribution < 1.29 is 0 Å².